The summed E-state index contributed by atoms with van der Waals surface area (Å²) in [4.78, 5) is 1.80. The normalized spacial score (nSPS) is 12.7. The highest BCUT2D eigenvalue weighted by atomic mass is 16.5. The number of hydrogen-bond acceptors (Lipinski definition) is 5. The Labute approximate surface area is 107 Å². The Balaban J connectivity index is 2.70. The molecule has 1 unspecified atom stereocenters. The van der Waals surface area contributed by atoms with Crippen molar-refractivity contribution in [3.8, 4) is 5.75 Å². The summed E-state index contributed by atoms with van der Waals surface area (Å²) >= 11 is 0. The molecule has 0 saturated carbocycles. The third-order valence-electron chi connectivity index (χ3n) is 2.76. The van der Waals surface area contributed by atoms with E-state index in [1.165, 1.54) is 0 Å². The van der Waals surface area contributed by atoms with Crippen molar-refractivity contribution in [2.45, 2.75) is 6.10 Å². The topological polar surface area (TPSA) is 73.2 Å². The summed E-state index contributed by atoms with van der Waals surface area (Å²) in [5, 5.41) is 28.0. The molecule has 0 aliphatic carbocycles. The van der Waals surface area contributed by atoms with E-state index >= 15 is 0 Å². The number of aliphatic hydroxyl groups excluding tert-OH is 3. The minimum Gasteiger partial charge on any atom is -0.496 e. The summed E-state index contributed by atoms with van der Waals surface area (Å²) in [7, 11) is 1.56. The third-order valence-corrected chi connectivity index (χ3v) is 2.76. The Morgan fingerprint density at radius 2 is 1.78 bits per heavy atom. The lowest BCUT2D eigenvalue weighted by Gasteiger charge is -2.24. The van der Waals surface area contributed by atoms with Gasteiger partial charge in [0.2, 0.25) is 0 Å². The number of para-hydroxylation sites is 1. The molecule has 18 heavy (non-hydrogen) atoms. The summed E-state index contributed by atoms with van der Waals surface area (Å²) in [5.74, 6) is 0.637. The first-order valence-electron chi connectivity index (χ1n) is 5.98. The van der Waals surface area contributed by atoms with Gasteiger partial charge in [0.25, 0.3) is 0 Å². The largest absolute Gasteiger partial charge is 0.496 e. The maximum absolute atomic E-state index is 10.2. The van der Waals surface area contributed by atoms with Gasteiger partial charge in [0.15, 0.2) is 0 Å². The Morgan fingerprint density at radius 3 is 2.33 bits per heavy atom. The van der Waals surface area contributed by atoms with Crippen LogP contribution in [0.5, 0.6) is 5.75 Å². The first kappa shape index (κ1) is 14.9. The lowest BCUT2D eigenvalue weighted by Crippen LogP contribution is -2.33. The highest BCUT2D eigenvalue weighted by molar-refractivity contribution is 5.35. The minimum absolute atomic E-state index is 0.00134. The monoisotopic (exact) mass is 255 g/mol. The molecular formula is C13H21NO4. The van der Waals surface area contributed by atoms with Crippen LogP contribution in [0.4, 0.5) is 0 Å². The average molecular weight is 255 g/mol. The summed E-state index contributed by atoms with van der Waals surface area (Å²) in [6.07, 6.45) is -0.709. The molecule has 0 heterocycles. The van der Waals surface area contributed by atoms with Gasteiger partial charge >= 0.3 is 0 Å². The van der Waals surface area contributed by atoms with Crippen LogP contribution >= 0.6 is 0 Å². The van der Waals surface area contributed by atoms with E-state index in [0.717, 1.165) is 0 Å². The predicted octanol–water partition coefficient (Wildman–Crippen LogP) is 0.0152. The van der Waals surface area contributed by atoms with Crippen molar-refractivity contribution >= 4 is 0 Å². The van der Waals surface area contributed by atoms with Crippen molar-refractivity contribution in [1.29, 1.82) is 0 Å². The van der Waals surface area contributed by atoms with Crippen molar-refractivity contribution < 1.29 is 20.1 Å². The molecule has 1 aromatic carbocycles. The van der Waals surface area contributed by atoms with E-state index in [0.29, 0.717) is 30.9 Å². The summed E-state index contributed by atoms with van der Waals surface area (Å²) in [5.41, 5.74) is 0.709. The smallest absolute Gasteiger partial charge is 0.124 e. The fourth-order valence-electron chi connectivity index (χ4n) is 1.86. The van der Waals surface area contributed by atoms with Gasteiger partial charge in [-0.25, -0.2) is 0 Å². The van der Waals surface area contributed by atoms with Crippen molar-refractivity contribution in [3.05, 3.63) is 29.8 Å². The Kier molecular flexibility index (Phi) is 6.67. The van der Waals surface area contributed by atoms with E-state index in [-0.39, 0.29) is 13.2 Å². The van der Waals surface area contributed by atoms with Crippen LogP contribution in [0.1, 0.15) is 11.7 Å². The van der Waals surface area contributed by atoms with E-state index in [9.17, 15) is 5.11 Å². The molecule has 0 bridgehead atoms. The highest BCUT2D eigenvalue weighted by Gasteiger charge is 2.16. The minimum atomic E-state index is -0.709. The molecule has 0 saturated heterocycles. The van der Waals surface area contributed by atoms with Crippen molar-refractivity contribution in [2.75, 3.05) is 40.0 Å². The van der Waals surface area contributed by atoms with Gasteiger partial charge in [0, 0.05) is 25.2 Å². The van der Waals surface area contributed by atoms with Crippen LogP contribution in [-0.4, -0.2) is 60.2 Å². The zero-order chi connectivity index (χ0) is 13.4. The molecular weight excluding hydrogens is 234 g/mol. The molecule has 0 aromatic heterocycles. The second-order valence-electron chi connectivity index (χ2n) is 4.01. The zero-order valence-corrected chi connectivity index (χ0v) is 10.6. The van der Waals surface area contributed by atoms with Gasteiger partial charge < -0.3 is 20.1 Å². The van der Waals surface area contributed by atoms with Crippen molar-refractivity contribution in [1.82, 2.24) is 4.90 Å². The Morgan fingerprint density at radius 1 is 1.17 bits per heavy atom. The van der Waals surface area contributed by atoms with E-state index in [1.807, 2.05) is 12.1 Å². The molecule has 0 aliphatic rings. The molecule has 0 spiro atoms. The van der Waals surface area contributed by atoms with Gasteiger partial charge in [-0.1, -0.05) is 18.2 Å². The standard InChI is InChI=1S/C13H21NO4/c1-18-13-5-3-2-4-11(13)12(17)10-14(6-8-15)7-9-16/h2-5,12,15-17H,6-10H2,1H3. The van der Waals surface area contributed by atoms with Crippen LogP contribution in [0.3, 0.4) is 0 Å². The molecule has 5 nitrogen and oxygen atoms in total. The highest BCUT2D eigenvalue weighted by Crippen LogP contribution is 2.25. The lowest BCUT2D eigenvalue weighted by molar-refractivity contribution is 0.0860. The lowest BCUT2D eigenvalue weighted by atomic mass is 10.1. The van der Waals surface area contributed by atoms with Gasteiger partial charge in [0.05, 0.1) is 26.4 Å². The van der Waals surface area contributed by atoms with Crippen LogP contribution in [0.15, 0.2) is 24.3 Å². The van der Waals surface area contributed by atoms with Crippen molar-refractivity contribution in [2.24, 2.45) is 0 Å². The van der Waals surface area contributed by atoms with E-state index in [4.69, 9.17) is 14.9 Å². The molecule has 1 aromatic rings. The maximum atomic E-state index is 10.2. The van der Waals surface area contributed by atoms with Crippen LogP contribution in [0.2, 0.25) is 0 Å². The average Bonchev–Trinajstić information content (AvgIpc) is 2.39. The van der Waals surface area contributed by atoms with Gasteiger partial charge in [-0.2, -0.15) is 0 Å². The quantitative estimate of drug-likeness (QED) is 0.610. The van der Waals surface area contributed by atoms with E-state index in [2.05, 4.69) is 0 Å². The molecule has 5 heteroatoms. The molecule has 3 N–H and O–H groups in total. The molecule has 0 fully saturated rings. The van der Waals surface area contributed by atoms with Crippen LogP contribution in [0.25, 0.3) is 0 Å². The SMILES string of the molecule is COc1ccccc1C(O)CN(CCO)CCO. The number of benzene rings is 1. The Bertz CT molecular complexity index is 340. The molecule has 1 atom stereocenters. The second kappa shape index (κ2) is 8.05. The number of nitrogens with zero attached hydrogens (tertiary/aromatic N) is 1. The van der Waals surface area contributed by atoms with Gasteiger partial charge in [-0.3, -0.25) is 4.90 Å². The van der Waals surface area contributed by atoms with Gasteiger partial charge in [-0.15, -0.1) is 0 Å². The molecule has 0 radical (unpaired) electrons. The number of ether oxygens (including phenoxy) is 1. The van der Waals surface area contributed by atoms with Crippen LogP contribution < -0.4 is 4.74 Å². The number of methoxy groups -OCH3 is 1. The molecule has 102 valence electrons. The van der Waals surface area contributed by atoms with Crippen LogP contribution in [0, 0.1) is 0 Å². The fourth-order valence-corrected chi connectivity index (χ4v) is 1.86. The number of rotatable bonds is 8. The van der Waals surface area contributed by atoms with E-state index in [1.54, 1.807) is 24.1 Å². The van der Waals surface area contributed by atoms with Crippen LogP contribution in [-0.2, 0) is 0 Å². The maximum Gasteiger partial charge on any atom is 0.124 e. The first-order chi connectivity index (χ1) is 8.72. The zero-order valence-electron chi connectivity index (χ0n) is 10.6. The molecule has 0 amide bonds. The third kappa shape index (κ3) is 4.27. The summed E-state index contributed by atoms with van der Waals surface area (Å²) < 4.78 is 5.19. The Hall–Kier alpha value is -1.14. The number of hydrogen-bond donors (Lipinski definition) is 3. The fraction of sp³-hybridized carbons (Fsp3) is 0.538. The second-order valence-corrected chi connectivity index (χ2v) is 4.01. The number of aliphatic hydroxyl groups is 3. The van der Waals surface area contributed by atoms with Crippen molar-refractivity contribution in [3.63, 3.8) is 0 Å². The van der Waals surface area contributed by atoms with Gasteiger partial charge in [-0.05, 0) is 6.07 Å². The summed E-state index contributed by atoms with van der Waals surface area (Å²) in [6, 6.07) is 7.28. The molecule has 1 rings (SSSR count). The molecule has 0 aliphatic heterocycles. The summed E-state index contributed by atoms with van der Waals surface area (Å²) in [6.45, 7) is 1.19. The van der Waals surface area contributed by atoms with E-state index < -0.39 is 6.10 Å². The first-order valence-corrected chi connectivity index (χ1v) is 5.98. The predicted molar refractivity (Wildman–Crippen MR) is 68.6 cm³/mol. The van der Waals surface area contributed by atoms with Gasteiger partial charge in [0.1, 0.15) is 5.75 Å².